The third kappa shape index (κ3) is 3.52. The molecule has 0 aliphatic carbocycles. The third-order valence-electron chi connectivity index (χ3n) is 2.81. The van der Waals surface area contributed by atoms with E-state index in [-0.39, 0.29) is 21.8 Å². The lowest BCUT2D eigenvalue weighted by Crippen LogP contribution is -2.14. The van der Waals surface area contributed by atoms with Gasteiger partial charge in [0.15, 0.2) is 0 Å². The summed E-state index contributed by atoms with van der Waals surface area (Å²) >= 11 is 5.83. The number of carbonyl (C=O) groups is 1. The molecule has 1 heterocycles. The summed E-state index contributed by atoms with van der Waals surface area (Å²) in [5, 5.41) is 2.55. The molecule has 1 amide bonds. The Morgan fingerprint density at radius 2 is 2.00 bits per heavy atom. The average molecular weight is 315 g/mol. The summed E-state index contributed by atoms with van der Waals surface area (Å²) in [5.41, 5.74) is -0.580. The van der Waals surface area contributed by atoms with Gasteiger partial charge in [0, 0.05) is 18.1 Å². The predicted molar refractivity (Wildman–Crippen MR) is 73.4 cm³/mol. The Kier molecular flexibility index (Phi) is 4.18. The summed E-state index contributed by atoms with van der Waals surface area (Å²) in [7, 11) is 0. The molecule has 0 unspecified atom stereocenters. The minimum Gasteiger partial charge on any atom is -0.322 e. The van der Waals surface area contributed by atoms with Crippen molar-refractivity contribution in [2.45, 2.75) is 13.1 Å². The van der Waals surface area contributed by atoms with Crippen molar-refractivity contribution in [3.8, 4) is 0 Å². The maximum absolute atomic E-state index is 12.8. The van der Waals surface area contributed by atoms with Gasteiger partial charge in [-0.3, -0.25) is 9.78 Å². The second-order valence-corrected chi connectivity index (χ2v) is 4.74. The first-order chi connectivity index (χ1) is 9.79. The molecule has 0 aliphatic rings. The van der Waals surface area contributed by atoms with Gasteiger partial charge >= 0.3 is 6.18 Å². The van der Waals surface area contributed by atoms with Crippen molar-refractivity contribution in [2.75, 3.05) is 5.32 Å². The summed E-state index contributed by atoms with van der Waals surface area (Å²) in [6.45, 7) is 1.35. The van der Waals surface area contributed by atoms with Crippen molar-refractivity contribution < 1.29 is 18.0 Å². The van der Waals surface area contributed by atoms with E-state index < -0.39 is 17.6 Å². The zero-order valence-electron chi connectivity index (χ0n) is 10.8. The highest BCUT2D eigenvalue weighted by Crippen LogP contribution is 2.33. The van der Waals surface area contributed by atoms with Gasteiger partial charge in [0.2, 0.25) is 0 Å². The fourth-order valence-corrected chi connectivity index (χ4v) is 1.94. The van der Waals surface area contributed by atoms with Crippen LogP contribution in [0, 0.1) is 6.92 Å². The summed E-state index contributed by atoms with van der Waals surface area (Å²) in [6, 6.07) is 5.00. The number of benzene rings is 1. The Hall–Kier alpha value is -2.08. The van der Waals surface area contributed by atoms with E-state index >= 15 is 0 Å². The van der Waals surface area contributed by atoms with Crippen molar-refractivity contribution in [1.82, 2.24) is 4.98 Å². The van der Waals surface area contributed by atoms with E-state index in [2.05, 4.69) is 10.3 Å². The van der Waals surface area contributed by atoms with E-state index in [1.807, 2.05) is 0 Å². The van der Waals surface area contributed by atoms with Crippen LogP contribution in [0.3, 0.4) is 0 Å². The first-order valence-corrected chi connectivity index (χ1v) is 6.25. The topological polar surface area (TPSA) is 42.0 Å². The monoisotopic (exact) mass is 314 g/mol. The molecule has 0 saturated heterocycles. The van der Waals surface area contributed by atoms with Crippen LogP contribution in [0.4, 0.5) is 18.9 Å². The number of halogens is 4. The molecule has 3 nitrogen and oxygen atoms in total. The summed E-state index contributed by atoms with van der Waals surface area (Å²) in [4.78, 5) is 15.7. The molecule has 2 aromatic rings. The number of aromatic nitrogens is 1. The van der Waals surface area contributed by atoms with Crippen LogP contribution in [0.2, 0.25) is 5.02 Å². The molecule has 7 heteroatoms. The second kappa shape index (κ2) is 5.73. The minimum absolute atomic E-state index is 0.0397. The highest BCUT2D eigenvalue weighted by molar-refractivity contribution is 6.34. The first-order valence-electron chi connectivity index (χ1n) is 5.88. The molecular weight excluding hydrogens is 305 g/mol. The third-order valence-corrected chi connectivity index (χ3v) is 3.14. The number of hydrogen-bond donors (Lipinski definition) is 1. The van der Waals surface area contributed by atoms with Crippen LogP contribution in [-0.2, 0) is 6.18 Å². The number of rotatable bonds is 2. The Bertz CT molecular complexity index is 686. The largest absolute Gasteiger partial charge is 0.416 e. The zero-order chi connectivity index (χ0) is 15.6. The standard InChI is InChI=1S/C14H10ClF3N2O/c1-8-2-3-9(6-11(8)14(16,17)18)20-13(21)10-7-19-5-4-12(10)15/h2-7H,1H3,(H,20,21). The van der Waals surface area contributed by atoms with E-state index in [0.29, 0.717) is 0 Å². The van der Waals surface area contributed by atoms with Gasteiger partial charge in [-0.2, -0.15) is 13.2 Å². The van der Waals surface area contributed by atoms with E-state index in [4.69, 9.17) is 11.6 Å². The van der Waals surface area contributed by atoms with Gasteiger partial charge in [0.05, 0.1) is 16.1 Å². The van der Waals surface area contributed by atoms with Gasteiger partial charge < -0.3 is 5.32 Å². The lowest BCUT2D eigenvalue weighted by atomic mass is 10.1. The molecule has 0 atom stereocenters. The zero-order valence-corrected chi connectivity index (χ0v) is 11.6. The van der Waals surface area contributed by atoms with Crippen molar-refractivity contribution in [3.05, 3.63) is 58.4 Å². The maximum Gasteiger partial charge on any atom is 0.416 e. The second-order valence-electron chi connectivity index (χ2n) is 4.34. The molecular formula is C14H10ClF3N2O. The molecule has 0 fully saturated rings. The van der Waals surface area contributed by atoms with Gasteiger partial charge in [-0.25, -0.2) is 0 Å². The summed E-state index contributed by atoms with van der Waals surface area (Å²) in [6.07, 6.45) is -1.82. The predicted octanol–water partition coefficient (Wildman–Crippen LogP) is 4.31. The molecule has 0 saturated carbocycles. The molecule has 1 aromatic carbocycles. The number of hydrogen-bond acceptors (Lipinski definition) is 2. The number of pyridine rings is 1. The first kappa shape index (κ1) is 15.3. The van der Waals surface area contributed by atoms with Crippen LogP contribution in [0.25, 0.3) is 0 Å². The van der Waals surface area contributed by atoms with E-state index in [1.165, 1.54) is 37.5 Å². The van der Waals surface area contributed by atoms with E-state index in [0.717, 1.165) is 6.07 Å². The van der Waals surface area contributed by atoms with Gasteiger partial charge in [0.1, 0.15) is 0 Å². The normalized spacial score (nSPS) is 11.3. The van der Waals surface area contributed by atoms with Crippen molar-refractivity contribution >= 4 is 23.2 Å². The lowest BCUT2D eigenvalue weighted by molar-refractivity contribution is -0.138. The van der Waals surface area contributed by atoms with Gasteiger partial charge in [0.25, 0.3) is 5.91 Å². The Labute approximate surface area is 123 Å². The van der Waals surface area contributed by atoms with Gasteiger partial charge in [-0.1, -0.05) is 17.7 Å². The molecule has 2 rings (SSSR count). The molecule has 0 spiro atoms. The summed E-state index contributed by atoms with van der Waals surface area (Å²) in [5.74, 6) is -0.620. The van der Waals surface area contributed by atoms with Crippen LogP contribution < -0.4 is 5.32 Å². The Morgan fingerprint density at radius 1 is 1.29 bits per heavy atom. The highest BCUT2D eigenvalue weighted by Gasteiger charge is 2.32. The van der Waals surface area contributed by atoms with Crippen LogP contribution in [0.1, 0.15) is 21.5 Å². The minimum atomic E-state index is -4.48. The molecule has 21 heavy (non-hydrogen) atoms. The van der Waals surface area contributed by atoms with Crippen LogP contribution >= 0.6 is 11.6 Å². The van der Waals surface area contributed by atoms with Crippen molar-refractivity contribution in [3.63, 3.8) is 0 Å². The molecule has 1 N–H and O–H groups in total. The van der Waals surface area contributed by atoms with Crippen LogP contribution in [0.15, 0.2) is 36.7 Å². The fraction of sp³-hybridized carbons (Fsp3) is 0.143. The number of nitrogens with zero attached hydrogens (tertiary/aromatic N) is 1. The number of carbonyl (C=O) groups excluding carboxylic acids is 1. The highest BCUT2D eigenvalue weighted by atomic mass is 35.5. The van der Waals surface area contributed by atoms with Gasteiger partial charge in [-0.05, 0) is 30.7 Å². The number of anilines is 1. The summed E-state index contributed by atoms with van der Waals surface area (Å²) < 4.78 is 38.4. The van der Waals surface area contributed by atoms with Gasteiger partial charge in [-0.15, -0.1) is 0 Å². The molecule has 0 aliphatic heterocycles. The van der Waals surface area contributed by atoms with E-state index in [9.17, 15) is 18.0 Å². The van der Waals surface area contributed by atoms with Crippen LogP contribution in [0.5, 0.6) is 0 Å². The number of alkyl halides is 3. The lowest BCUT2D eigenvalue weighted by Gasteiger charge is -2.13. The molecule has 0 bridgehead atoms. The Morgan fingerprint density at radius 3 is 2.62 bits per heavy atom. The fourth-order valence-electron chi connectivity index (χ4n) is 1.75. The smallest absolute Gasteiger partial charge is 0.322 e. The number of amides is 1. The molecule has 110 valence electrons. The van der Waals surface area contributed by atoms with Crippen molar-refractivity contribution in [1.29, 1.82) is 0 Å². The number of nitrogens with one attached hydrogen (secondary N) is 1. The average Bonchev–Trinajstić information content (AvgIpc) is 2.40. The van der Waals surface area contributed by atoms with E-state index in [1.54, 1.807) is 0 Å². The quantitative estimate of drug-likeness (QED) is 0.897. The van der Waals surface area contributed by atoms with Crippen LogP contribution in [-0.4, -0.2) is 10.9 Å². The SMILES string of the molecule is Cc1ccc(NC(=O)c2cnccc2Cl)cc1C(F)(F)F. The molecule has 0 radical (unpaired) electrons. The maximum atomic E-state index is 12.8. The number of aryl methyl sites for hydroxylation is 1. The Balaban J connectivity index is 2.29. The molecule has 1 aromatic heterocycles. The van der Waals surface area contributed by atoms with Crippen molar-refractivity contribution in [2.24, 2.45) is 0 Å².